The molecule has 0 saturated carbocycles. The lowest BCUT2D eigenvalue weighted by Crippen LogP contribution is -2.12. The molecular formula is C68H92O4P2. The zero-order chi connectivity index (χ0) is 52.7. The van der Waals surface area contributed by atoms with E-state index in [1.807, 2.05) is 0 Å². The smallest absolute Gasteiger partial charge is 0.326 e. The molecular weight excluding hydrogens is 943 g/mol. The summed E-state index contributed by atoms with van der Waals surface area (Å²) in [5.74, 6) is 4.72. The Morgan fingerprint density at radius 2 is 0.608 bits per heavy atom. The summed E-state index contributed by atoms with van der Waals surface area (Å²) in [7, 11) is -3.04. The van der Waals surface area contributed by atoms with E-state index in [4.69, 9.17) is 18.1 Å². The van der Waals surface area contributed by atoms with E-state index in [9.17, 15) is 0 Å². The first-order valence-electron chi connectivity index (χ1n) is 29.2. The maximum atomic E-state index is 7.17. The summed E-state index contributed by atoms with van der Waals surface area (Å²) in [4.78, 5) is 0. The van der Waals surface area contributed by atoms with E-state index in [1.54, 1.807) is 0 Å². The minimum Gasteiger partial charge on any atom is -0.435 e. The highest BCUT2D eigenvalue weighted by Gasteiger charge is 2.25. The van der Waals surface area contributed by atoms with Gasteiger partial charge in [-0.3, -0.25) is 0 Å². The summed E-state index contributed by atoms with van der Waals surface area (Å²) in [6.45, 7) is 22.8. The Morgan fingerprint density at radius 1 is 0.324 bits per heavy atom. The number of hydrogen-bond donors (Lipinski definition) is 0. The standard InChI is InChI=1S/C68H92O4P2/c1-11-19-25-53-31-43-65(59(47-53)27-21-13-3)69-73(70-66-44-32-54(26-20-12-2)48-60(66)28-22-14-4)63-39-33-55(34-40-63)56-35-41-64(42-36-56)74(71-67-45-37-57(51(9)17-7)49-61(67)29-23-15-5)72-68-46-38-58(52(10)18-8)50-62(68)30-24-16-6/h31-52H,11-30H2,1-10H3. The molecule has 0 aromatic heterocycles. The number of unbranched alkanes of at least 4 members (excludes halogenated alkanes) is 6. The molecule has 2 atom stereocenters. The van der Waals surface area contributed by atoms with Gasteiger partial charge in [0.15, 0.2) is 0 Å². The van der Waals surface area contributed by atoms with Gasteiger partial charge in [0.25, 0.3) is 0 Å². The van der Waals surface area contributed by atoms with E-state index in [1.165, 1.54) is 70.2 Å². The highest BCUT2D eigenvalue weighted by Crippen LogP contribution is 2.46. The van der Waals surface area contributed by atoms with Crippen molar-refractivity contribution in [1.82, 2.24) is 0 Å². The van der Waals surface area contributed by atoms with Crippen LogP contribution in [0.4, 0.5) is 0 Å². The second kappa shape index (κ2) is 31.4. The molecule has 74 heavy (non-hydrogen) atoms. The predicted molar refractivity (Wildman–Crippen MR) is 322 cm³/mol. The van der Waals surface area contributed by atoms with Gasteiger partial charge in [-0.25, -0.2) is 0 Å². The molecule has 0 N–H and O–H groups in total. The highest BCUT2D eigenvalue weighted by molar-refractivity contribution is 7.57. The van der Waals surface area contributed by atoms with Crippen molar-refractivity contribution in [2.24, 2.45) is 0 Å². The van der Waals surface area contributed by atoms with Gasteiger partial charge in [-0.2, -0.15) is 0 Å². The van der Waals surface area contributed by atoms with Gasteiger partial charge in [0, 0.05) is 0 Å². The fourth-order valence-corrected chi connectivity index (χ4v) is 12.1. The minimum atomic E-state index is -1.53. The maximum absolute atomic E-state index is 7.17. The first-order chi connectivity index (χ1) is 36.1. The monoisotopic (exact) mass is 1030 g/mol. The Kier molecular flexibility index (Phi) is 24.9. The first kappa shape index (κ1) is 58.6. The van der Waals surface area contributed by atoms with E-state index in [-0.39, 0.29) is 0 Å². The van der Waals surface area contributed by atoms with Crippen LogP contribution in [0, 0.1) is 0 Å². The third-order valence-electron chi connectivity index (χ3n) is 14.8. The molecule has 0 saturated heterocycles. The molecule has 0 aliphatic heterocycles. The van der Waals surface area contributed by atoms with Crippen LogP contribution in [-0.2, 0) is 38.5 Å². The summed E-state index contributed by atoms with van der Waals surface area (Å²) in [6, 6.07) is 45.3. The first-order valence-corrected chi connectivity index (χ1v) is 31.5. The van der Waals surface area contributed by atoms with Gasteiger partial charge in [0.2, 0.25) is 0 Å². The van der Waals surface area contributed by atoms with Crippen molar-refractivity contribution >= 4 is 27.4 Å². The van der Waals surface area contributed by atoms with Gasteiger partial charge in [0.1, 0.15) is 23.0 Å². The zero-order valence-electron chi connectivity index (χ0n) is 47.4. The highest BCUT2D eigenvalue weighted by atomic mass is 31.2. The molecule has 0 amide bonds. The molecule has 0 heterocycles. The number of aryl methyl sites for hydroxylation is 6. The quantitative estimate of drug-likeness (QED) is 0.0385. The van der Waals surface area contributed by atoms with Crippen LogP contribution in [0.2, 0.25) is 0 Å². The second-order valence-corrected chi connectivity index (χ2v) is 23.6. The second-order valence-electron chi connectivity index (χ2n) is 20.8. The van der Waals surface area contributed by atoms with E-state index in [0.29, 0.717) is 11.8 Å². The summed E-state index contributed by atoms with van der Waals surface area (Å²) in [5, 5.41) is 2.10. The third-order valence-corrected chi connectivity index (χ3v) is 17.7. The SMILES string of the molecule is CCCCc1ccc(OP(Oc2ccc(CCCC)cc2CCCC)c2ccc(-c3ccc(P(Oc4ccc(C(C)CC)cc4CCCC)Oc4ccc(C(C)CC)cc4CCCC)cc3)cc2)c(CCCC)c1. The molecule has 0 aliphatic carbocycles. The van der Waals surface area contributed by atoms with Crippen LogP contribution >= 0.6 is 16.8 Å². The maximum Gasteiger partial charge on any atom is 0.326 e. The van der Waals surface area contributed by atoms with Gasteiger partial charge in [0.05, 0.1) is 10.6 Å². The zero-order valence-corrected chi connectivity index (χ0v) is 49.2. The van der Waals surface area contributed by atoms with Gasteiger partial charge in [-0.15, -0.1) is 0 Å². The Morgan fingerprint density at radius 3 is 0.905 bits per heavy atom. The van der Waals surface area contributed by atoms with Crippen LogP contribution in [0.5, 0.6) is 23.0 Å². The van der Waals surface area contributed by atoms with E-state index in [0.717, 1.165) is 147 Å². The Hall–Kier alpha value is -4.62. The van der Waals surface area contributed by atoms with Crippen molar-refractivity contribution in [3.63, 3.8) is 0 Å². The van der Waals surface area contributed by atoms with Crippen molar-refractivity contribution in [1.29, 1.82) is 0 Å². The van der Waals surface area contributed by atoms with Crippen molar-refractivity contribution < 1.29 is 18.1 Å². The van der Waals surface area contributed by atoms with Crippen molar-refractivity contribution in [3.8, 4) is 34.1 Å². The molecule has 6 heteroatoms. The van der Waals surface area contributed by atoms with Crippen LogP contribution in [0.1, 0.15) is 215 Å². The molecule has 4 nitrogen and oxygen atoms in total. The molecule has 0 radical (unpaired) electrons. The fourth-order valence-electron chi connectivity index (χ4n) is 9.38. The number of hydrogen-bond acceptors (Lipinski definition) is 4. The lowest BCUT2D eigenvalue weighted by atomic mass is 9.95. The Bertz CT molecular complexity index is 2430. The van der Waals surface area contributed by atoms with E-state index in [2.05, 4.69) is 191 Å². The third kappa shape index (κ3) is 17.2. The normalized spacial score (nSPS) is 12.7. The van der Waals surface area contributed by atoms with Gasteiger partial charge < -0.3 is 18.1 Å². The van der Waals surface area contributed by atoms with Crippen molar-refractivity contribution in [3.05, 3.63) is 166 Å². The van der Waals surface area contributed by atoms with Crippen LogP contribution < -0.4 is 28.7 Å². The fraction of sp³-hybridized carbons (Fsp3) is 0.471. The average molecular weight is 1040 g/mol. The molecule has 2 unspecified atom stereocenters. The minimum absolute atomic E-state index is 0.493. The predicted octanol–water partition coefficient (Wildman–Crippen LogP) is 20.6. The number of benzene rings is 6. The van der Waals surface area contributed by atoms with Crippen molar-refractivity contribution in [2.75, 3.05) is 0 Å². The summed E-state index contributed by atoms with van der Waals surface area (Å²) in [5.41, 5.74) is 12.9. The molecule has 0 aliphatic rings. The Labute approximate surface area is 452 Å². The topological polar surface area (TPSA) is 36.9 Å². The summed E-state index contributed by atoms with van der Waals surface area (Å²) >= 11 is 0. The van der Waals surface area contributed by atoms with E-state index >= 15 is 0 Å². The average Bonchev–Trinajstić information content (AvgIpc) is 3.44. The molecule has 0 spiro atoms. The molecule has 0 fully saturated rings. The van der Waals surface area contributed by atoms with Crippen molar-refractivity contribution in [2.45, 2.75) is 209 Å². The summed E-state index contributed by atoms with van der Waals surface area (Å²) in [6.07, 6.45) is 22.1. The number of rotatable bonds is 33. The van der Waals surface area contributed by atoms with Gasteiger partial charge in [-0.1, -0.05) is 181 Å². The van der Waals surface area contributed by atoms with Crippen LogP contribution in [0.3, 0.4) is 0 Å². The van der Waals surface area contributed by atoms with Gasteiger partial charge in [-0.05, 0) is 206 Å². The summed E-state index contributed by atoms with van der Waals surface area (Å²) < 4.78 is 28.7. The molecule has 6 aromatic carbocycles. The van der Waals surface area contributed by atoms with E-state index < -0.39 is 16.8 Å². The molecule has 398 valence electrons. The Balaban J connectivity index is 1.36. The lowest BCUT2D eigenvalue weighted by molar-refractivity contribution is 0.491. The van der Waals surface area contributed by atoms with Crippen LogP contribution in [0.15, 0.2) is 121 Å². The molecule has 0 bridgehead atoms. The lowest BCUT2D eigenvalue weighted by Gasteiger charge is -2.24. The van der Waals surface area contributed by atoms with Crippen LogP contribution in [-0.4, -0.2) is 0 Å². The van der Waals surface area contributed by atoms with Gasteiger partial charge >= 0.3 is 16.8 Å². The molecule has 6 rings (SSSR count). The molecule has 6 aromatic rings. The van der Waals surface area contributed by atoms with Crippen LogP contribution in [0.25, 0.3) is 11.1 Å². The largest absolute Gasteiger partial charge is 0.435 e.